The number of aromatic nitrogens is 5. The van der Waals surface area contributed by atoms with E-state index >= 15 is 0 Å². The van der Waals surface area contributed by atoms with E-state index in [1.54, 1.807) is 22.7 Å². The van der Waals surface area contributed by atoms with Crippen molar-refractivity contribution in [1.82, 2.24) is 30.1 Å². The topological polar surface area (TPSA) is 98.2 Å². The van der Waals surface area contributed by atoms with E-state index in [0.29, 0.717) is 28.8 Å². The molecule has 148 valence electrons. The highest BCUT2D eigenvalue weighted by Gasteiger charge is 2.18. The van der Waals surface area contributed by atoms with Gasteiger partial charge in [0.2, 0.25) is 0 Å². The second-order valence-corrected chi connectivity index (χ2v) is 6.66. The summed E-state index contributed by atoms with van der Waals surface area (Å²) in [5.41, 5.74) is 1.10. The van der Waals surface area contributed by atoms with Crippen LogP contribution in [0.1, 0.15) is 41.8 Å². The second-order valence-electron chi connectivity index (χ2n) is 6.66. The number of pyridine rings is 1. The van der Waals surface area contributed by atoms with Crippen LogP contribution in [0.5, 0.6) is 0 Å². The average molecular weight is 398 g/mol. The van der Waals surface area contributed by atoms with E-state index < -0.39 is 17.5 Å². The number of carbonyl (C=O) groups is 1. The van der Waals surface area contributed by atoms with Gasteiger partial charge in [0.05, 0.1) is 12.1 Å². The summed E-state index contributed by atoms with van der Waals surface area (Å²) in [5, 5.41) is 14.8. The highest BCUT2D eigenvalue weighted by atomic mass is 19.2. The van der Waals surface area contributed by atoms with Crippen molar-refractivity contribution in [2.75, 3.05) is 0 Å². The zero-order valence-electron chi connectivity index (χ0n) is 15.6. The molecule has 0 radical (unpaired) electrons. The lowest BCUT2D eigenvalue weighted by Crippen LogP contribution is -2.24. The summed E-state index contributed by atoms with van der Waals surface area (Å²) in [6.45, 7) is 3.95. The third-order valence-electron chi connectivity index (χ3n) is 4.28. The average Bonchev–Trinajstić information content (AvgIpc) is 3.35. The Hall–Kier alpha value is -3.69. The molecule has 0 unspecified atom stereocenters. The van der Waals surface area contributed by atoms with Crippen molar-refractivity contribution >= 4 is 11.6 Å². The summed E-state index contributed by atoms with van der Waals surface area (Å²) in [6, 6.07) is 6.50. The van der Waals surface area contributed by atoms with Crippen LogP contribution in [-0.4, -0.2) is 30.6 Å². The van der Waals surface area contributed by atoms with Crippen LogP contribution in [0.15, 0.2) is 41.1 Å². The molecule has 0 aliphatic rings. The Morgan fingerprint density at radius 1 is 1.21 bits per heavy atom. The highest BCUT2D eigenvalue weighted by molar-refractivity contribution is 5.94. The molecule has 1 aromatic carbocycles. The van der Waals surface area contributed by atoms with Gasteiger partial charge in [0, 0.05) is 17.7 Å². The van der Waals surface area contributed by atoms with Gasteiger partial charge >= 0.3 is 0 Å². The molecule has 4 aromatic rings. The summed E-state index contributed by atoms with van der Waals surface area (Å²) in [7, 11) is 0. The minimum Gasteiger partial charge on any atom is -0.345 e. The summed E-state index contributed by atoms with van der Waals surface area (Å²) < 4.78 is 33.3. The van der Waals surface area contributed by atoms with Gasteiger partial charge in [-0.15, -0.1) is 10.2 Å². The minimum absolute atomic E-state index is 0.00508. The third-order valence-corrected chi connectivity index (χ3v) is 4.28. The van der Waals surface area contributed by atoms with Gasteiger partial charge in [0.1, 0.15) is 0 Å². The molecule has 1 amide bonds. The van der Waals surface area contributed by atoms with Crippen LogP contribution >= 0.6 is 0 Å². The maximum absolute atomic E-state index is 13.3. The first-order valence-corrected chi connectivity index (χ1v) is 8.84. The number of fused-ring (bicyclic) bond motifs is 1. The standard InChI is InChI=1S/C19H16F2N6O2/c1-10(2)16-23-19(29-26-16)12-4-3-7-27-15(24-25-17(12)27)9-22-18(28)11-5-6-13(20)14(21)8-11/h3-8,10H,9H2,1-2H3,(H,22,28). The van der Waals surface area contributed by atoms with Crippen molar-refractivity contribution in [3.8, 4) is 11.5 Å². The molecule has 10 heteroatoms. The van der Waals surface area contributed by atoms with Gasteiger partial charge < -0.3 is 9.84 Å². The summed E-state index contributed by atoms with van der Waals surface area (Å²) in [6.07, 6.45) is 1.73. The van der Waals surface area contributed by atoms with Crippen molar-refractivity contribution in [2.24, 2.45) is 0 Å². The molecule has 0 fully saturated rings. The van der Waals surface area contributed by atoms with E-state index in [0.717, 1.165) is 12.1 Å². The Morgan fingerprint density at radius 3 is 2.76 bits per heavy atom. The van der Waals surface area contributed by atoms with Crippen LogP contribution in [0.2, 0.25) is 0 Å². The van der Waals surface area contributed by atoms with Gasteiger partial charge in [-0.1, -0.05) is 19.0 Å². The second kappa shape index (κ2) is 7.38. The predicted octanol–water partition coefficient (Wildman–Crippen LogP) is 3.11. The number of halogens is 2. The quantitative estimate of drug-likeness (QED) is 0.555. The molecule has 4 rings (SSSR count). The fourth-order valence-corrected chi connectivity index (χ4v) is 2.73. The Morgan fingerprint density at radius 2 is 2.03 bits per heavy atom. The molecule has 0 saturated heterocycles. The molecular formula is C19H16F2N6O2. The van der Waals surface area contributed by atoms with Crippen molar-refractivity contribution in [1.29, 1.82) is 0 Å². The molecule has 0 aliphatic heterocycles. The fourth-order valence-electron chi connectivity index (χ4n) is 2.73. The largest absolute Gasteiger partial charge is 0.345 e. The molecule has 0 saturated carbocycles. The van der Waals surface area contributed by atoms with Crippen LogP contribution < -0.4 is 5.32 Å². The van der Waals surface area contributed by atoms with E-state index in [4.69, 9.17) is 4.52 Å². The molecule has 3 aromatic heterocycles. The lowest BCUT2D eigenvalue weighted by atomic mass is 10.2. The first-order valence-electron chi connectivity index (χ1n) is 8.84. The fraction of sp³-hybridized carbons (Fsp3) is 0.211. The van der Waals surface area contributed by atoms with Crippen LogP contribution in [-0.2, 0) is 6.54 Å². The maximum Gasteiger partial charge on any atom is 0.261 e. The highest BCUT2D eigenvalue weighted by Crippen LogP contribution is 2.24. The molecule has 0 atom stereocenters. The Balaban J connectivity index is 1.57. The van der Waals surface area contributed by atoms with Gasteiger partial charge in [0.15, 0.2) is 28.9 Å². The summed E-state index contributed by atoms with van der Waals surface area (Å²) >= 11 is 0. The van der Waals surface area contributed by atoms with E-state index in [1.165, 1.54) is 6.07 Å². The number of hydrogen-bond donors (Lipinski definition) is 1. The molecule has 3 heterocycles. The maximum atomic E-state index is 13.3. The number of rotatable bonds is 5. The molecule has 8 nitrogen and oxygen atoms in total. The summed E-state index contributed by atoms with van der Waals surface area (Å²) in [5.74, 6) is -1.19. The van der Waals surface area contributed by atoms with Gasteiger partial charge in [-0.25, -0.2) is 8.78 Å². The smallest absolute Gasteiger partial charge is 0.261 e. The van der Waals surface area contributed by atoms with Crippen LogP contribution in [0, 0.1) is 11.6 Å². The molecule has 0 bridgehead atoms. The first kappa shape index (κ1) is 18.7. The molecular weight excluding hydrogens is 382 g/mol. The van der Waals surface area contributed by atoms with Crippen LogP contribution in [0.4, 0.5) is 8.78 Å². The van der Waals surface area contributed by atoms with Gasteiger partial charge in [0.25, 0.3) is 11.8 Å². The van der Waals surface area contributed by atoms with E-state index in [-0.39, 0.29) is 18.0 Å². The van der Waals surface area contributed by atoms with Gasteiger partial charge in [-0.3, -0.25) is 9.20 Å². The van der Waals surface area contributed by atoms with Crippen LogP contribution in [0.25, 0.3) is 17.1 Å². The number of benzene rings is 1. The zero-order chi connectivity index (χ0) is 20.5. The Bertz CT molecular complexity index is 1200. The first-order chi connectivity index (χ1) is 13.9. The Kier molecular flexibility index (Phi) is 4.75. The van der Waals surface area contributed by atoms with Gasteiger partial charge in [-0.05, 0) is 30.3 Å². The van der Waals surface area contributed by atoms with Crippen molar-refractivity contribution in [3.05, 3.63) is 65.4 Å². The lowest BCUT2D eigenvalue weighted by Gasteiger charge is -2.05. The number of nitrogens with one attached hydrogen (secondary N) is 1. The Labute approximate surface area is 163 Å². The van der Waals surface area contributed by atoms with E-state index in [9.17, 15) is 13.6 Å². The minimum atomic E-state index is -1.09. The van der Waals surface area contributed by atoms with Crippen molar-refractivity contribution in [3.63, 3.8) is 0 Å². The molecule has 29 heavy (non-hydrogen) atoms. The van der Waals surface area contributed by atoms with E-state index in [2.05, 4.69) is 25.7 Å². The summed E-state index contributed by atoms with van der Waals surface area (Å²) in [4.78, 5) is 16.6. The predicted molar refractivity (Wildman–Crippen MR) is 97.9 cm³/mol. The molecule has 0 aliphatic carbocycles. The zero-order valence-corrected chi connectivity index (χ0v) is 15.6. The van der Waals surface area contributed by atoms with Crippen molar-refractivity contribution in [2.45, 2.75) is 26.3 Å². The number of amides is 1. The van der Waals surface area contributed by atoms with Crippen molar-refractivity contribution < 1.29 is 18.1 Å². The lowest BCUT2D eigenvalue weighted by molar-refractivity contribution is 0.0949. The number of hydrogen-bond acceptors (Lipinski definition) is 6. The molecule has 1 N–H and O–H groups in total. The van der Waals surface area contributed by atoms with Gasteiger partial charge in [-0.2, -0.15) is 4.98 Å². The SMILES string of the molecule is CC(C)c1noc(-c2cccn3c(CNC(=O)c4ccc(F)c(F)c4)nnc23)n1. The normalized spacial score (nSPS) is 11.3. The third kappa shape index (κ3) is 3.56. The molecule has 0 spiro atoms. The number of carbonyl (C=O) groups excluding carboxylic acids is 1. The van der Waals surface area contributed by atoms with Crippen LogP contribution in [0.3, 0.4) is 0 Å². The van der Waals surface area contributed by atoms with E-state index in [1.807, 2.05) is 13.8 Å². The monoisotopic (exact) mass is 398 g/mol. The number of nitrogens with zero attached hydrogens (tertiary/aromatic N) is 5.